The van der Waals surface area contributed by atoms with E-state index in [4.69, 9.17) is 5.73 Å². The minimum Gasteiger partial charge on any atom is -0.366 e. The number of amides is 1. The predicted octanol–water partition coefficient (Wildman–Crippen LogP) is 3.75. The zero-order valence-corrected chi connectivity index (χ0v) is 13.9. The lowest BCUT2D eigenvalue weighted by atomic mass is 10.1. The maximum Gasteiger partial charge on any atom is 0.435 e. The number of alkyl halides is 3. The molecular weight excluding hydrogens is 357 g/mol. The Hall–Kier alpha value is -3.42. The number of benzene rings is 2. The average Bonchev–Trinajstić information content (AvgIpc) is 3.01. The third-order valence-corrected chi connectivity index (χ3v) is 4.30. The lowest BCUT2D eigenvalue weighted by molar-refractivity contribution is -0.140. The number of carbonyl (C=O) groups excluding carboxylic acids is 1. The molecule has 4 rings (SSSR count). The SMILES string of the molecule is NC(=O)c1ccc2ncc3c(C(F)(F)F)nn(Cc4ccccc4)c3c2c1. The van der Waals surface area contributed by atoms with Gasteiger partial charge in [-0.3, -0.25) is 14.5 Å². The third kappa shape index (κ3) is 2.99. The molecule has 2 N–H and O–H groups in total. The molecule has 5 nitrogen and oxygen atoms in total. The summed E-state index contributed by atoms with van der Waals surface area (Å²) in [5.74, 6) is -0.668. The molecule has 0 aliphatic carbocycles. The summed E-state index contributed by atoms with van der Waals surface area (Å²) in [6.07, 6.45) is -3.46. The second kappa shape index (κ2) is 6.08. The second-order valence-corrected chi connectivity index (χ2v) is 6.11. The van der Waals surface area contributed by atoms with Gasteiger partial charge in [-0.25, -0.2) is 0 Å². The number of hydrogen-bond acceptors (Lipinski definition) is 3. The van der Waals surface area contributed by atoms with Crippen LogP contribution in [0.25, 0.3) is 21.8 Å². The highest BCUT2D eigenvalue weighted by molar-refractivity contribution is 6.07. The van der Waals surface area contributed by atoms with E-state index in [0.717, 1.165) is 5.56 Å². The van der Waals surface area contributed by atoms with E-state index >= 15 is 0 Å². The van der Waals surface area contributed by atoms with E-state index in [9.17, 15) is 18.0 Å². The van der Waals surface area contributed by atoms with Crippen LogP contribution in [0, 0.1) is 0 Å². The Morgan fingerprint density at radius 1 is 1.07 bits per heavy atom. The molecule has 27 heavy (non-hydrogen) atoms. The number of nitrogens with two attached hydrogens (primary N) is 1. The lowest BCUT2D eigenvalue weighted by Gasteiger charge is -2.07. The molecule has 0 fully saturated rings. The molecule has 0 radical (unpaired) electrons. The number of aromatic nitrogens is 3. The summed E-state index contributed by atoms with van der Waals surface area (Å²) in [5.41, 5.74) is 6.02. The number of primary amides is 1. The van der Waals surface area contributed by atoms with Gasteiger partial charge in [0.25, 0.3) is 0 Å². The number of nitrogens with zero attached hydrogens (tertiary/aromatic N) is 3. The van der Waals surface area contributed by atoms with Gasteiger partial charge in [0.2, 0.25) is 5.91 Å². The average molecular weight is 370 g/mol. The summed E-state index contributed by atoms with van der Waals surface area (Å²) < 4.78 is 41.8. The molecule has 0 saturated heterocycles. The molecule has 0 spiro atoms. The summed E-state index contributed by atoms with van der Waals surface area (Å²) in [4.78, 5) is 15.6. The molecule has 0 bridgehead atoms. The van der Waals surface area contributed by atoms with Crippen molar-refractivity contribution in [1.82, 2.24) is 14.8 Å². The van der Waals surface area contributed by atoms with Crippen LogP contribution in [0.4, 0.5) is 13.2 Å². The van der Waals surface area contributed by atoms with Crippen LogP contribution in [0.5, 0.6) is 0 Å². The van der Waals surface area contributed by atoms with Crippen molar-refractivity contribution in [1.29, 1.82) is 0 Å². The molecule has 8 heteroatoms. The maximum atomic E-state index is 13.5. The highest BCUT2D eigenvalue weighted by Crippen LogP contribution is 2.36. The van der Waals surface area contributed by atoms with Gasteiger partial charge < -0.3 is 5.73 Å². The largest absolute Gasteiger partial charge is 0.435 e. The minimum atomic E-state index is -4.63. The Bertz CT molecular complexity index is 1170. The summed E-state index contributed by atoms with van der Waals surface area (Å²) in [6, 6.07) is 13.5. The minimum absolute atomic E-state index is 0.118. The van der Waals surface area contributed by atoms with Crippen LogP contribution in [-0.2, 0) is 12.7 Å². The first kappa shape index (κ1) is 17.0. The van der Waals surface area contributed by atoms with Crippen LogP contribution in [-0.4, -0.2) is 20.7 Å². The number of pyridine rings is 1. The molecule has 0 saturated carbocycles. The monoisotopic (exact) mass is 370 g/mol. The van der Waals surface area contributed by atoms with Gasteiger partial charge in [0.15, 0.2) is 5.69 Å². The lowest BCUT2D eigenvalue weighted by Crippen LogP contribution is -2.10. The van der Waals surface area contributed by atoms with Gasteiger partial charge >= 0.3 is 6.18 Å². The van der Waals surface area contributed by atoms with Crippen molar-refractivity contribution in [2.45, 2.75) is 12.7 Å². The molecule has 0 unspecified atom stereocenters. The summed E-state index contributed by atoms with van der Waals surface area (Å²) >= 11 is 0. The van der Waals surface area contributed by atoms with Gasteiger partial charge in [-0.1, -0.05) is 30.3 Å². The van der Waals surface area contributed by atoms with Gasteiger partial charge in [0.1, 0.15) is 0 Å². The fourth-order valence-corrected chi connectivity index (χ4v) is 3.09. The third-order valence-electron chi connectivity index (χ3n) is 4.30. The van der Waals surface area contributed by atoms with E-state index in [1.807, 2.05) is 6.07 Å². The smallest absolute Gasteiger partial charge is 0.366 e. The Balaban J connectivity index is 2.05. The van der Waals surface area contributed by atoms with Gasteiger partial charge in [-0.15, -0.1) is 0 Å². The molecule has 2 aromatic heterocycles. The Kier molecular flexibility index (Phi) is 3.83. The first-order chi connectivity index (χ1) is 12.8. The fourth-order valence-electron chi connectivity index (χ4n) is 3.09. The maximum absolute atomic E-state index is 13.5. The molecule has 1 amide bonds. The molecule has 2 aromatic carbocycles. The second-order valence-electron chi connectivity index (χ2n) is 6.11. The Labute approximate surface area is 151 Å². The molecule has 2 heterocycles. The normalized spacial score (nSPS) is 12.0. The topological polar surface area (TPSA) is 73.8 Å². The molecule has 0 aliphatic heterocycles. The van der Waals surface area contributed by atoms with Gasteiger partial charge in [-0.2, -0.15) is 18.3 Å². The van der Waals surface area contributed by atoms with E-state index in [1.54, 1.807) is 30.3 Å². The number of rotatable bonds is 3. The van der Waals surface area contributed by atoms with E-state index in [-0.39, 0.29) is 23.0 Å². The van der Waals surface area contributed by atoms with Crippen LogP contribution in [0.1, 0.15) is 21.6 Å². The molecule has 136 valence electrons. The van der Waals surface area contributed by atoms with E-state index in [2.05, 4.69) is 10.1 Å². The quantitative estimate of drug-likeness (QED) is 0.597. The van der Waals surface area contributed by atoms with E-state index < -0.39 is 17.8 Å². The number of fused-ring (bicyclic) bond motifs is 3. The summed E-state index contributed by atoms with van der Waals surface area (Å²) in [5, 5.41) is 4.09. The number of halogens is 3. The summed E-state index contributed by atoms with van der Waals surface area (Å²) in [7, 11) is 0. The van der Waals surface area contributed by atoms with Crippen LogP contribution in [0.15, 0.2) is 54.7 Å². The van der Waals surface area contributed by atoms with Gasteiger partial charge in [0, 0.05) is 17.1 Å². The first-order valence-corrected chi connectivity index (χ1v) is 8.05. The molecule has 4 aromatic rings. The highest BCUT2D eigenvalue weighted by Gasteiger charge is 2.37. The predicted molar refractivity (Wildman–Crippen MR) is 94.1 cm³/mol. The van der Waals surface area contributed by atoms with Crippen molar-refractivity contribution in [2.24, 2.45) is 5.73 Å². The van der Waals surface area contributed by atoms with Crippen LogP contribution in [0.3, 0.4) is 0 Å². The van der Waals surface area contributed by atoms with Crippen molar-refractivity contribution in [3.63, 3.8) is 0 Å². The Morgan fingerprint density at radius 3 is 2.48 bits per heavy atom. The van der Waals surface area contributed by atoms with Gasteiger partial charge in [-0.05, 0) is 23.8 Å². The molecule has 0 aliphatic rings. The zero-order valence-electron chi connectivity index (χ0n) is 13.9. The van der Waals surface area contributed by atoms with Crippen LogP contribution in [0.2, 0.25) is 0 Å². The fraction of sp³-hybridized carbons (Fsp3) is 0.105. The van der Waals surface area contributed by atoms with Crippen LogP contribution >= 0.6 is 0 Å². The first-order valence-electron chi connectivity index (χ1n) is 8.05. The van der Waals surface area contributed by atoms with Crippen molar-refractivity contribution < 1.29 is 18.0 Å². The summed E-state index contributed by atoms with van der Waals surface area (Å²) in [6.45, 7) is 0.146. The zero-order chi connectivity index (χ0) is 19.2. The van der Waals surface area contributed by atoms with Crippen LogP contribution < -0.4 is 5.73 Å². The molecule has 0 atom stereocenters. The standard InChI is InChI=1S/C19H13F3N4O/c20-19(21,22)17-14-9-24-15-7-6-12(18(23)27)8-13(15)16(14)26(25-17)10-11-4-2-1-3-5-11/h1-9H,10H2,(H2,23,27). The number of carbonyl (C=O) groups is 1. The van der Waals surface area contributed by atoms with Crippen molar-refractivity contribution in [3.05, 3.63) is 71.5 Å². The Morgan fingerprint density at radius 2 is 1.81 bits per heavy atom. The molecular formula is C19H13F3N4O. The highest BCUT2D eigenvalue weighted by atomic mass is 19.4. The van der Waals surface area contributed by atoms with Gasteiger partial charge in [0.05, 0.1) is 23.0 Å². The van der Waals surface area contributed by atoms with Crippen molar-refractivity contribution in [3.8, 4) is 0 Å². The van der Waals surface area contributed by atoms with E-state index in [0.29, 0.717) is 10.9 Å². The van der Waals surface area contributed by atoms with Crippen molar-refractivity contribution >= 4 is 27.7 Å². The van der Waals surface area contributed by atoms with E-state index in [1.165, 1.54) is 23.0 Å². The number of hydrogen-bond donors (Lipinski definition) is 1. The van der Waals surface area contributed by atoms with Crippen molar-refractivity contribution in [2.75, 3.05) is 0 Å².